The molecule has 3 N–H and O–H groups in total. The fraction of sp³-hybridized carbons (Fsp3) is 0.520. The van der Waals surface area contributed by atoms with Gasteiger partial charge in [-0.05, 0) is 38.2 Å². The second kappa shape index (κ2) is 9.56. The molecule has 8 nitrogen and oxygen atoms in total. The Bertz CT molecular complexity index is 1360. The molecular weight excluding hydrogens is 513 g/mol. The highest BCUT2D eigenvalue weighted by Gasteiger charge is 2.60. The topological polar surface area (TPSA) is 118 Å². The van der Waals surface area contributed by atoms with Crippen LogP contribution >= 0.6 is 0 Å². The fourth-order valence-electron chi connectivity index (χ4n) is 5.99. The summed E-state index contributed by atoms with van der Waals surface area (Å²) in [7, 11) is 0. The summed E-state index contributed by atoms with van der Waals surface area (Å²) < 4.78 is 72.0. The van der Waals surface area contributed by atoms with Crippen molar-refractivity contribution >= 4 is 28.6 Å². The number of carbonyl (C=O) groups is 3. The zero-order chi connectivity index (χ0) is 27.4. The van der Waals surface area contributed by atoms with Crippen molar-refractivity contribution in [3.05, 3.63) is 35.3 Å². The Hall–Kier alpha value is -3.69. The number of aromatic nitrogens is 1. The molecule has 4 fully saturated rings. The molecule has 0 spiro atoms. The van der Waals surface area contributed by atoms with Gasteiger partial charge in [0.2, 0.25) is 11.8 Å². The van der Waals surface area contributed by atoms with E-state index in [9.17, 15) is 41.6 Å². The highest BCUT2D eigenvalue weighted by molar-refractivity contribution is 6.01. The maximum atomic E-state index is 14.9. The fourth-order valence-corrected chi connectivity index (χ4v) is 5.99. The van der Waals surface area contributed by atoms with Gasteiger partial charge in [0, 0.05) is 36.4 Å². The van der Waals surface area contributed by atoms with Crippen LogP contribution in [0.1, 0.15) is 49.0 Å². The van der Waals surface area contributed by atoms with Crippen molar-refractivity contribution in [2.24, 2.45) is 11.8 Å². The average molecular weight is 537 g/mol. The van der Waals surface area contributed by atoms with Crippen molar-refractivity contribution in [2.45, 2.75) is 62.6 Å². The first-order valence-corrected chi connectivity index (χ1v) is 12.4. The number of piperidine rings is 3. The summed E-state index contributed by atoms with van der Waals surface area (Å²) in [5.74, 6) is -11.6. The van der Waals surface area contributed by atoms with Crippen LogP contribution in [0.15, 0.2) is 12.1 Å². The Morgan fingerprint density at radius 1 is 1.18 bits per heavy atom. The second-order valence-electron chi connectivity index (χ2n) is 10.1. The number of rotatable bonds is 5. The lowest BCUT2D eigenvalue weighted by molar-refractivity contribution is -0.179. The number of nitriles is 1. The number of fused-ring (bicyclic) bond motifs is 4. The van der Waals surface area contributed by atoms with Crippen molar-refractivity contribution in [2.75, 3.05) is 6.54 Å². The number of hydrogen-bond donors (Lipinski definition) is 3. The number of benzene rings is 1. The lowest BCUT2D eigenvalue weighted by atomic mass is 9.71. The van der Waals surface area contributed by atoms with E-state index in [0.717, 1.165) is 11.0 Å². The number of alkyl halides is 2. The summed E-state index contributed by atoms with van der Waals surface area (Å²) in [6.45, 7) is 0.504. The molecule has 4 aliphatic rings. The standard InChI is InChI=1S/C25H24F5N5O3/c26-16-8-17(27)19(28)20-14(16)7-18(34-20)24(38)35-13-3-4-15(25(29,30)9-13)21(35)23(37)33-12(10-31)6-11-2-1-5-32-22(11)36/h7-8,11-13,15,21,34H,1-6,9H2,(H,32,36)(H,33,37)/t11-,12-,13-,15-,21+/m1/s1. The Morgan fingerprint density at radius 2 is 1.95 bits per heavy atom. The van der Waals surface area contributed by atoms with E-state index in [0.29, 0.717) is 25.5 Å². The van der Waals surface area contributed by atoms with E-state index >= 15 is 0 Å². The highest BCUT2D eigenvalue weighted by Crippen LogP contribution is 2.49. The largest absolute Gasteiger partial charge is 0.356 e. The number of hydrogen-bond acceptors (Lipinski definition) is 4. The number of nitrogens with zero attached hydrogens (tertiary/aromatic N) is 2. The molecule has 2 aromatic rings. The molecule has 1 aromatic carbocycles. The Kier molecular flexibility index (Phi) is 6.53. The van der Waals surface area contributed by atoms with Gasteiger partial charge in [0.1, 0.15) is 23.6 Å². The summed E-state index contributed by atoms with van der Waals surface area (Å²) >= 11 is 0. The minimum absolute atomic E-state index is 0.0225. The molecule has 3 amide bonds. The molecule has 3 saturated heterocycles. The lowest BCUT2D eigenvalue weighted by Gasteiger charge is -2.53. The number of H-pyrrole nitrogens is 1. The average Bonchev–Trinajstić information content (AvgIpc) is 3.33. The smallest absolute Gasteiger partial charge is 0.271 e. The van der Waals surface area contributed by atoms with Crippen molar-refractivity contribution in [3.8, 4) is 6.07 Å². The quantitative estimate of drug-likeness (QED) is 0.401. The normalized spacial score (nSPS) is 27.1. The number of halogens is 5. The molecule has 3 aliphatic heterocycles. The van der Waals surface area contributed by atoms with Crippen LogP contribution in [-0.4, -0.2) is 58.2 Å². The number of aromatic amines is 1. The Balaban J connectivity index is 1.44. The van der Waals surface area contributed by atoms with Crippen molar-refractivity contribution in [1.29, 1.82) is 5.26 Å². The van der Waals surface area contributed by atoms with Gasteiger partial charge in [-0.25, -0.2) is 22.0 Å². The summed E-state index contributed by atoms with van der Waals surface area (Å²) in [5, 5.41) is 14.3. The minimum Gasteiger partial charge on any atom is -0.356 e. The molecule has 4 heterocycles. The molecule has 38 heavy (non-hydrogen) atoms. The van der Waals surface area contributed by atoms with E-state index in [1.54, 1.807) is 0 Å². The van der Waals surface area contributed by atoms with E-state index < -0.39 is 88.2 Å². The minimum atomic E-state index is -3.27. The molecular formula is C25H24F5N5O3. The Morgan fingerprint density at radius 3 is 2.63 bits per heavy atom. The third-order valence-electron chi connectivity index (χ3n) is 7.82. The molecule has 5 atom stereocenters. The summed E-state index contributed by atoms with van der Waals surface area (Å²) in [6, 6.07) is -0.723. The maximum Gasteiger partial charge on any atom is 0.271 e. The Labute approximate surface area is 213 Å². The monoisotopic (exact) mass is 537 g/mol. The van der Waals surface area contributed by atoms with Gasteiger partial charge in [-0.3, -0.25) is 14.4 Å². The van der Waals surface area contributed by atoms with Gasteiger partial charge in [0.15, 0.2) is 11.6 Å². The van der Waals surface area contributed by atoms with Crippen LogP contribution in [0.5, 0.6) is 0 Å². The summed E-state index contributed by atoms with van der Waals surface area (Å²) in [6.07, 6.45) is 0.601. The second-order valence-corrected chi connectivity index (χ2v) is 10.1. The molecule has 1 saturated carbocycles. The molecule has 1 aromatic heterocycles. The zero-order valence-electron chi connectivity index (χ0n) is 20.0. The van der Waals surface area contributed by atoms with Gasteiger partial charge in [-0.1, -0.05) is 0 Å². The van der Waals surface area contributed by atoms with Gasteiger partial charge >= 0.3 is 0 Å². The predicted molar refractivity (Wildman–Crippen MR) is 122 cm³/mol. The third-order valence-corrected chi connectivity index (χ3v) is 7.82. The van der Waals surface area contributed by atoms with Crippen LogP contribution in [0.25, 0.3) is 10.9 Å². The zero-order valence-corrected chi connectivity index (χ0v) is 20.0. The first-order valence-electron chi connectivity index (χ1n) is 12.4. The molecule has 6 rings (SSSR count). The predicted octanol–water partition coefficient (Wildman–Crippen LogP) is 3.14. The first-order chi connectivity index (χ1) is 18.0. The number of carbonyl (C=O) groups excluding carboxylic acids is 3. The molecule has 13 heteroatoms. The summed E-state index contributed by atoms with van der Waals surface area (Å²) in [5.41, 5.74) is -0.998. The van der Waals surface area contributed by atoms with E-state index in [4.69, 9.17) is 0 Å². The molecule has 202 valence electrons. The van der Waals surface area contributed by atoms with Gasteiger partial charge in [-0.15, -0.1) is 0 Å². The highest BCUT2D eigenvalue weighted by atomic mass is 19.3. The van der Waals surface area contributed by atoms with Crippen LogP contribution in [0.4, 0.5) is 22.0 Å². The van der Waals surface area contributed by atoms with E-state index in [2.05, 4.69) is 15.6 Å². The molecule has 1 aliphatic carbocycles. The van der Waals surface area contributed by atoms with Gasteiger partial charge < -0.3 is 20.5 Å². The van der Waals surface area contributed by atoms with Crippen LogP contribution in [0.3, 0.4) is 0 Å². The van der Waals surface area contributed by atoms with Crippen LogP contribution in [-0.2, 0) is 9.59 Å². The third kappa shape index (κ3) is 4.35. The SMILES string of the molecule is N#C[C@@H](C[C@H]1CCCNC1=O)NC(=O)[C@@H]1[C@H]2CC[C@H](CC2(F)F)N1C(=O)c1cc2c(F)cc(F)c(F)c2[nH]1. The van der Waals surface area contributed by atoms with Crippen molar-refractivity contribution in [1.82, 2.24) is 20.5 Å². The first kappa shape index (κ1) is 25.9. The number of nitrogens with one attached hydrogen (secondary N) is 3. The number of amides is 3. The van der Waals surface area contributed by atoms with Crippen LogP contribution in [0, 0.1) is 40.6 Å². The lowest BCUT2D eigenvalue weighted by Crippen LogP contribution is -2.68. The van der Waals surface area contributed by atoms with Crippen LogP contribution in [0.2, 0.25) is 0 Å². The van der Waals surface area contributed by atoms with Crippen LogP contribution < -0.4 is 10.6 Å². The maximum absolute atomic E-state index is 14.9. The van der Waals surface area contributed by atoms with Crippen molar-refractivity contribution in [3.63, 3.8) is 0 Å². The van der Waals surface area contributed by atoms with Gasteiger partial charge in [0.05, 0.1) is 17.5 Å². The molecule has 0 radical (unpaired) electrons. The molecule has 0 unspecified atom stereocenters. The van der Waals surface area contributed by atoms with Crippen molar-refractivity contribution < 1.29 is 36.3 Å². The van der Waals surface area contributed by atoms with Gasteiger partial charge in [0.25, 0.3) is 11.8 Å². The van der Waals surface area contributed by atoms with E-state index in [1.807, 2.05) is 6.07 Å². The van der Waals surface area contributed by atoms with Gasteiger partial charge in [-0.2, -0.15) is 5.26 Å². The molecule has 2 bridgehead atoms. The van der Waals surface area contributed by atoms with E-state index in [1.165, 1.54) is 0 Å². The summed E-state index contributed by atoms with van der Waals surface area (Å²) in [4.78, 5) is 42.3. The van der Waals surface area contributed by atoms with E-state index in [-0.39, 0.29) is 25.2 Å².